The van der Waals surface area contributed by atoms with Crippen molar-refractivity contribution in [3.8, 4) is 0 Å². The topological polar surface area (TPSA) is 86.8 Å². The summed E-state index contributed by atoms with van der Waals surface area (Å²) in [5.41, 5.74) is 0.480. The van der Waals surface area contributed by atoms with Gasteiger partial charge in [0.15, 0.2) is 16.1 Å². The first-order chi connectivity index (χ1) is 15.2. The van der Waals surface area contributed by atoms with E-state index in [9.17, 15) is 9.59 Å². The molecule has 1 aromatic carbocycles. The van der Waals surface area contributed by atoms with Crippen LogP contribution in [0, 0.1) is 18.3 Å². The molecule has 0 amide bonds. The maximum absolute atomic E-state index is 12.9. The van der Waals surface area contributed by atoms with Crippen molar-refractivity contribution in [2.45, 2.75) is 58.7 Å². The van der Waals surface area contributed by atoms with Gasteiger partial charge in [-0.2, -0.15) is 0 Å². The highest BCUT2D eigenvalue weighted by Crippen LogP contribution is 2.52. The number of thiazole rings is 1. The fraction of sp³-hybridized carbons (Fsp3) is 0.542. The number of anilines is 2. The van der Waals surface area contributed by atoms with Gasteiger partial charge in [0.05, 0.1) is 12.3 Å². The van der Waals surface area contributed by atoms with E-state index in [2.05, 4.69) is 24.1 Å². The van der Waals surface area contributed by atoms with E-state index in [0.717, 1.165) is 12.1 Å². The molecule has 4 rings (SSSR count). The minimum absolute atomic E-state index is 0.216. The smallest absolute Gasteiger partial charge is 0.324 e. The molecule has 1 N–H and O–H groups in total. The van der Waals surface area contributed by atoms with E-state index in [0.29, 0.717) is 30.0 Å². The highest BCUT2D eigenvalue weighted by molar-refractivity contribution is 7.13. The third kappa shape index (κ3) is 4.52. The van der Waals surface area contributed by atoms with Crippen molar-refractivity contribution in [2.75, 3.05) is 18.5 Å². The second kappa shape index (κ2) is 8.83. The number of cyclic esters (lactones) is 2. The number of rotatable bonds is 8. The van der Waals surface area contributed by atoms with Gasteiger partial charge in [0.25, 0.3) is 0 Å². The molecule has 32 heavy (non-hydrogen) atoms. The summed E-state index contributed by atoms with van der Waals surface area (Å²) in [5.74, 6) is -0.505. The third-order valence-corrected chi connectivity index (χ3v) is 6.84. The van der Waals surface area contributed by atoms with Gasteiger partial charge in [-0.1, -0.05) is 31.5 Å². The number of carbonyl (C=O) groups excluding carboxylic acids is 2. The minimum atomic E-state index is -1.28. The molecular weight excluding hydrogens is 428 g/mol. The van der Waals surface area contributed by atoms with Crippen molar-refractivity contribution < 1.29 is 23.8 Å². The first-order valence-corrected chi connectivity index (χ1v) is 11.9. The molecule has 1 aromatic heterocycles. The van der Waals surface area contributed by atoms with Crippen LogP contribution in [0.25, 0.3) is 0 Å². The number of aryl methyl sites for hydroxylation is 1. The van der Waals surface area contributed by atoms with Crippen LogP contribution in [0.5, 0.6) is 0 Å². The highest BCUT2D eigenvalue weighted by Gasteiger charge is 2.65. The van der Waals surface area contributed by atoms with Crippen molar-refractivity contribution in [1.82, 2.24) is 4.98 Å². The van der Waals surface area contributed by atoms with Crippen molar-refractivity contribution in [3.63, 3.8) is 0 Å². The average molecular weight is 459 g/mol. The Morgan fingerprint density at radius 1 is 1.25 bits per heavy atom. The summed E-state index contributed by atoms with van der Waals surface area (Å²) < 4.78 is 16.9. The molecule has 172 valence electrons. The fourth-order valence-electron chi connectivity index (χ4n) is 4.18. The molecule has 7 nitrogen and oxygen atoms in total. The predicted molar refractivity (Wildman–Crippen MR) is 122 cm³/mol. The van der Waals surface area contributed by atoms with E-state index < -0.39 is 29.1 Å². The fourth-order valence-corrected chi connectivity index (χ4v) is 5.03. The maximum atomic E-state index is 12.9. The predicted octanol–water partition coefficient (Wildman–Crippen LogP) is 4.72. The molecule has 0 bridgehead atoms. The molecular formula is C24H30N2O5S. The van der Waals surface area contributed by atoms with Gasteiger partial charge in [-0.25, -0.2) is 4.98 Å². The van der Waals surface area contributed by atoms with Crippen LogP contribution in [0.15, 0.2) is 29.6 Å². The molecule has 0 radical (unpaired) electrons. The van der Waals surface area contributed by atoms with Crippen LogP contribution in [-0.4, -0.2) is 36.2 Å². The lowest BCUT2D eigenvalue weighted by Gasteiger charge is -2.20. The van der Waals surface area contributed by atoms with Crippen molar-refractivity contribution in [1.29, 1.82) is 0 Å². The Kier molecular flexibility index (Phi) is 6.27. The van der Waals surface area contributed by atoms with Crippen LogP contribution in [-0.2, 0) is 29.4 Å². The van der Waals surface area contributed by atoms with Crippen LogP contribution in [0.2, 0.25) is 0 Å². The normalized spacial score (nSPS) is 27.2. The summed E-state index contributed by atoms with van der Waals surface area (Å²) in [6.07, 6.45) is 1.00. The zero-order valence-electron chi connectivity index (χ0n) is 19.0. The van der Waals surface area contributed by atoms with Gasteiger partial charge in [-0.3, -0.25) is 9.59 Å². The van der Waals surface area contributed by atoms with E-state index in [-0.39, 0.29) is 12.8 Å². The monoisotopic (exact) mass is 458 g/mol. The quantitative estimate of drug-likeness (QED) is 0.348. The van der Waals surface area contributed by atoms with Crippen LogP contribution >= 0.6 is 11.3 Å². The number of hydrogen-bond acceptors (Lipinski definition) is 8. The average Bonchev–Trinajstić information content (AvgIpc) is 3.39. The zero-order chi connectivity index (χ0) is 22.9. The molecule has 0 saturated carbocycles. The standard InChI is InChI=1S/C24H30N2O5S/c1-15(2)9-10-29-12-18-11-24(20(27)30-18)14-23(4,31-21(24)28)19-13-32-22(26-19)25-17-7-5-16(3)6-8-17/h5-8,13,15,18H,9-12,14H2,1-4H3,(H,25,26). The zero-order valence-corrected chi connectivity index (χ0v) is 19.8. The van der Waals surface area contributed by atoms with E-state index in [1.54, 1.807) is 0 Å². The number of aromatic nitrogens is 1. The first-order valence-electron chi connectivity index (χ1n) is 11.0. The van der Waals surface area contributed by atoms with Crippen molar-refractivity contribution in [3.05, 3.63) is 40.9 Å². The van der Waals surface area contributed by atoms with Crippen molar-refractivity contribution in [2.24, 2.45) is 11.3 Å². The Balaban J connectivity index is 1.42. The molecule has 2 fully saturated rings. The molecule has 0 aliphatic carbocycles. The number of nitrogens with zero attached hydrogens (tertiary/aromatic N) is 1. The van der Waals surface area contributed by atoms with E-state index in [1.165, 1.54) is 16.9 Å². The van der Waals surface area contributed by atoms with E-state index in [1.807, 2.05) is 43.5 Å². The lowest BCUT2D eigenvalue weighted by atomic mass is 9.78. The molecule has 3 unspecified atom stereocenters. The lowest BCUT2D eigenvalue weighted by Crippen LogP contribution is -2.32. The van der Waals surface area contributed by atoms with Crippen LogP contribution in [0.4, 0.5) is 10.8 Å². The Hall–Kier alpha value is -2.45. The van der Waals surface area contributed by atoms with Gasteiger partial charge in [0, 0.05) is 30.5 Å². The molecule has 3 atom stereocenters. The maximum Gasteiger partial charge on any atom is 0.324 e. The van der Waals surface area contributed by atoms with Crippen LogP contribution < -0.4 is 5.32 Å². The summed E-state index contributed by atoms with van der Waals surface area (Å²) in [6.45, 7) is 9.01. The Labute approximate surface area is 192 Å². The lowest BCUT2D eigenvalue weighted by molar-refractivity contribution is -0.160. The summed E-state index contributed by atoms with van der Waals surface area (Å²) in [6, 6.07) is 8.02. The summed E-state index contributed by atoms with van der Waals surface area (Å²) >= 11 is 1.43. The largest absolute Gasteiger partial charge is 0.459 e. The van der Waals surface area contributed by atoms with Crippen LogP contribution in [0.1, 0.15) is 51.3 Å². The molecule has 2 aliphatic heterocycles. The molecule has 2 saturated heterocycles. The highest BCUT2D eigenvalue weighted by atomic mass is 32.1. The molecule has 1 spiro atoms. The second-order valence-corrected chi connectivity index (χ2v) is 10.3. The molecule has 3 heterocycles. The van der Waals surface area contributed by atoms with Gasteiger partial charge >= 0.3 is 11.9 Å². The van der Waals surface area contributed by atoms with Crippen molar-refractivity contribution >= 4 is 34.1 Å². The third-order valence-electron chi connectivity index (χ3n) is 6.08. The second-order valence-electron chi connectivity index (χ2n) is 9.40. The van der Waals surface area contributed by atoms with Crippen LogP contribution in [0.3, 0.4) is 0 Å². The summed E-state index contributed by atoms with van der Waals surface area (Å²) in [7, 11) is 0. The van der Waals surface area contributed by atoms with Gasteiger partial charge in [0.2, 0.25) is 0 Å². The minimum Gasteiger partial charge on any atom is -0.459 e. The summed E-state index contributed by atoms with van der Waals surface area (Å²) in [4.78, 5) is 30.3. The first kappa shape index (κ1) is 22.7. The van der Waals surface area contributed by atoms with E-state index >= 15 is 0 Å². The Bertz CT molecular complexity index is 989. The number of esters is 2. The van der Waals surface area contributed by atoms with Gasteiger partial charge in [0.1, 0.15) is 6.10 Å². The number of hydrogen-bond donors (Lipinski definition) is 1. The van der Waals surface area contributed by atoms with Gasteiger partial charge in [-0.15, -0.1) is 11.3 Å². The number of benzene rings is 1. The molecule has 8 heteroatoms. The van der Waals surface area contributed by atoms with E-state index in [4.69, 9.17) is 14.2 Å². The number of ether oxygens (including phenoxy) is 3. The Morgan fingerprint density at radius 3 is 2.72 bits per heavy atom. The number of carbonyl (C=O) groups is 2. The molecule has 2 aliphatic rings. The molecule has 2 aromatic rings. The summed E-state index contributed by atoms with van der Waals surface area (Å²) in [5, 5.41) is 5.85. The SMILES string of the molecule is Cc1ccc(Nc2nc(C3(C)CC4(CC(COCCC(C)C)OC4=O)C(=O)O3)cs2)cc1. The van der Waals surface area contributed by atoms with Gasteiger partial charge in [-0.05, 0) is 38.3 Å². The van der Waals surface area contributed by atoms with Gasteiger partial charge < -0.3 is 19.5 Å². The Morgan fingerprint density at radius 2 is 2.00 bits per heavy atom. The number of nitrogens with one attached hydrogen (secondary N) is 1.